The summed E-state index contributed by atoms with van der Waals surface area (Å²) in [5.41, 5.74) is 1.88. The zero-order chi connectivity index (χ0) is 22.4. The lowest BCUT2D eigenvalue weighted by Crippen LogP contribution is -2.59. The summed E-state index contributed by atoms with van der Waals surface area (Å²) in [6.07, 6.45) is -1.68. The summed E-state index contributed by atoms with van der Waals surface area (Å²) in [4.78, 5) is 37.5. The molecule has 0 unspecified atom stereocenters. The van der Waals surface area contributed by atoms with E-state index in [-0.39, 0.29) is 16.1 Å². The molecule has 0 spiro atoms. The van der Waals surface area contributed by atoms with E-state index < -0.39 is 47.1 Å². The lowest BCUT2D eigenvalue weighted by Gasteiger charge is -2.40. The third kappa shape index (κ3) is 4.11. The van der Waals surface area contributed by atoms with Gasteiger partial charge in [-0.05, 0) is 5.92 Å². The first-order valence-corrected chi connectivity index (χ1v) is 8.83. The van der Waals surface area contributed by atoms with Crippen LogP contribution >= 0.6 is 12.2 Å². The summed E-state index contributed by atoms with van der Waals surface area (Å²) >= 11 is 4.81. The van der Waals surface area contributed by atoms with E-state index in [1.165, 1.54) is 0 Å². The van der Waals surface area contributed by atoms with Gasteiger partial charge in [0.15, 0.2) is 6.29 Å². The Morgan fingerprint density at radius 2 is 2.21 bits per heavy atom. The molecular formula is C15H17B3FN3O6S. The molecule has 9 nitrogen and oxygen atoms in total. The van der Waals surface area contributed by atoms with Crippen molar-refractivity contribution < 1.29 is 28.6 Å². The smallest absolute Gasteiger partial charge is 0.328 e. The topological polar surface area (TPSA) is 137 Å². The van der Waals surface area contributed by atoms with Crippen LogP contribution in [0.2, 0.25) is 0 Å². The van der Waals surface area contributed by atoms with Gasteiger partial charge >= 0.3 is 11.7 Å². The number of H-pyrrole nitrogens is 1. The maximum Gasteiger partial charge on any atom is 0.328 e. The van der Waals surface area contributed by atoms with E-state index in [4.69, 9.17) is 51.0 Å². The summed E-state index contributed by atoms with van der Waals surface area (Å²) < 4.78 is 25.6. The highest BCUT2D eigenvalue weighted by molar-refractivity contribution is 7.71. The minimum atomic E-state index is -3.22. The van der Waals surface area contributed by atoms with Gasteiger partial charge in [-0.1, -0.05) is 26.1 Å². The number of hydrogen-bond donors (Lipinski definition) is 3. The fraction of sp³-hybridized carbons (Fsp3) is 0.600. The molecule has 1 saturated heterocycles. The van der Waals surface area contributed by atoms with Crippen LogP contribution in [0.3, 0.4) is 0 Å². The number of nitrogens with one attached hydrogen (secondary N) is 1. The van der Waals surface area contributed by atoms with E-state index >= 15 is 4.39 Å². The number of aliphatic hydroxyl groups excluding tert-OH is 1. The van der Waals surface area contributed by atoms with Crippen LogP contribution in [0.15, 0.2) is 11.0 Å². The number of halogens is 1. The number of esters is 1. The Morgan fingerprint density at radius 3 is 2.72 bits per heavy atom. The highest BCUT2D eigenvalue weighted by atomic mass is 32.1. The first-order valence-electron chi connectivity index (χ1n) is 8.42. The van der Waals surface area contributed by atoms with Crippen LogP contribution in [0.1, 0.15) is 30.6 Å². The van der Waals surface area contributed by atoms with Crippen LogP contribution in [-0.2, 0) is 19.9 Å². The maximum absolute atomic E-state index is 15.5. The van der Waals surface area contributed by atoms with Gasteiger partial charge in [0, 0.05) is 12.6 Å². The van der Waals surface area contributed by atoms with Gasteiger partial charge in [0.1, 0.15) is 39.8 Å². The second-order valence-electron chi connectivity index (χ2n) is 7.12. The largest absolute Gasteiger partial charge is 0.473 e. The van der Waals surface area contributed by atoms with Gasteiger partial charge in [0.05, 0.1) is 17.1 Å². The molecule has 29 heavy (non-hydrogen) atoms. The fourth-order valence-corrected chi connectivity index (χ4v) is 2.81. The molecule has 1 aromatic rings. The molecule has 14 heteroatoms. The molecule has 6 radical (unpaired) electrons. The molecule has 0 aromatic carbocycles. The highest BCUT2D eigenvalue weighted by Crippen LogP contribution is 2.45. The molecule has 1 aromatic heterocycles. The van der Waals surface area contributed by atoms with Crippen molar-refractivity contribution in [2.75, 3.05) is 0 Å². The zero-order valence-electron chi connectivity index (χ0n) is 15.6. The standard InChI is InChI=1S/C15H17B3FN3O6S/c1-6(2)9(20)11(25)27-15(17,18)13(19)3-8(24)14(16,28-13)22-4-7(5-23)10(29)21-12(22)26/h4-6,8-9,24H,3,20H2,1-2H3,(H,21,26,29)/t8-,9+,13+,14+/m1/s1. The molecule has 0 bridgehead atoms. The fourth-order valence-electron chi connectivity index (χ4n) is 2.63. The number of ether oxygens (including phenoxy) is 2. The van der Waals surface area contributed by atoms with Crippen LogP contribution in [0.5, 0.6) is 0 Å². The SMILES string of the molecule is [B]C([B])(OC(=O)[C@@H](N)C(C)C)[C@]1(F)C[C@@H](O)[C@]([B])(n2cc(C=O)c(=S)[nH]c2=O)O1. The Labute approximate surface area is 174 Å². The molecule has 2 rings (SSSR count). The van der Waals surface area contributed by atoms with Gasteiger partial charge in [-0.3, -0.25) is 19.1 Å². The molecule has 1 aliphatic rings. The number of aliphatic hydroxyl groups is 1. The Bertz CT molecular complexity index is 941. The molecule has 2 heterocycles. The molecule has 1 aliphatic heterocycles. The van der Waals surface area contributed by atoms with Gasteiger partial charge in [-0.2, -0.15) is 0 Å². The number of nitrogens with two attached hydrogens (primary N) is 1. The van der Waals surface area contributed by atoms with Crippen molar-refractivity contribution in [1.29, 1.82) is 0 Å². The summed E-state index contributed by atoms with van der Waals surface area (Å²) in [6, 6.07) is -1.16. The van der Waals surface area contributed by atoms with Gasteiger partial charge < -0.3 is 20.3 Å². The average molecular weight is 419 g/mol. The van der Waals surface area contributed by atoms with Crippen LogP contribution in [0, 0.1) is 10.6 Å². The molecule has 150 valence electrons. The van der Waals surface area contributed by atoms with Gasteiger partial charge in [-0.15, -0.1) is 0 Å². The number of nitrogens with zero attached hydrogens (tertiary/aromatic N) is 1. The van der Waals surface area contributed by atoms with E-state index in [1.54, 1.807) is 13.8 Å². The second kappa shape index (κ2) is 7.82. The van der Waals surface area contributed by atoms with Crippen molar-refractivity contribution in [2.24, 2.45) is 11.7 Å². The average Bonchev–Trinajstić information content (AvgIpc) is 2.84. The number of carbonyl (C=O) groups excluding carboxylic acids is 2. The number of aromatic amines is 1. The summed E-state index contributed by atoms with van der Waals surface area (Å²) in [7, 11) is 17.2. The Hall–Kier alpha value is -1.76. The normalized spacial score (nSPS) is 28.3. The third-order valence-corrected chi connectivity index (χ3v) is 4.91. The van der Waals surface area contributed by atoms with Crippen molar-refractivity contribution in [3.63, 3.8) is 0 Å². The Kier molecular flexibility index (Phi) is 6.34. The number of hydrogen-bond acceptors (Lipinski definition) is 8. The number of alkyl halides is 1. The first-order chi connectivity index (χ1) is 13.2. The monoisotopic (exact) mass is 419 g/mol. The van der Waals surface area contributed by atoms with Crippen molar-refractivity contribution in [3.05, 3.63) is 26.9 Å². The quantitative estimate of drug-likeness (QED) is 0.219. The van der Waals surface area contributed by atoms with Crippen molar-refractivity contribution in [3.8, 4) is 0 Å². The minimum absolute atomic E-state index is 0.183. The zero-order valence-corrected chi connectivity index (χ0v) is 16.4. The van der Waals surface area contributed by atoms with Crippen LogP contribution in [0.4, 0.5) is 4.39 Å². The molecule has 1 fully saturated rings. The third-order valence-electron chi connectivity index (χ3n) is 4.58. The molecular weight excluding hydrogens is 402 g/mol. The highest BCUT2D eigenvalue weighted by Gasteiger charge is 2.62. The van der Waals surface area contributed by atoms with Gasteiger partial charge in [-0.25, -0.2) is 9.18 Å². The lowest BCUT2D eigenvalue weighted by atomic mass is 9.59. The van der Waals surface area contributed by atoms with Crippen molar-refractivity contribution >= 4 is 48.0 Å². The van der Waals surface area contributed by atoms with E-state index in [2.05, 4.69) is 4.98 Å². The van der Waals surface area contributed by atoms with Crippen LogP contribution in [-0.4, -0.2) is 73.9 Å². The lowest BCUT2D eigenvalue weighted by molar-refractivity contribution is -0.232. The van der Waals surface area contributed by atoms with Crippen molar-refractivity contribution in [1.82, 2.24) is 9.55 Å². The summed E-state index contributed by atoms with van der Waals surface area (Å²) in [5.74, 6) is -4.70. The summed E-state index contributed by atoms with van der Waals surface area (Å²) in [5, 5.41) is 7.42. The number of aldehydes is 1. The molecule has 0 aliphatic carbocycles. The van der Waals surface area contributed by atoms with Crippen molar-refractivity contribution in [2.45, 2.75) is 49.3 Å². The molecule has 4 N–H and O–H groups in total. The van der Waals surface area contributed by atoms with E-state index in [1.807, 2.05) is 0 Å². The molecule has 0 amide bonds. The predicted octanol–water partition coefficient (Wildman–Crippen LogP) is -1.54. The van der Waals surface area contributed by atoms with Gasteiger partial charge in [0.25, 0.3) is 0 Å². The van der Waals surface area contributed by atoms with E-state index in [9.17, 15) is 19.5 Å². The Balaban J connectivity index is 2.43. The maximum atomic E-state index is 15.5. The predicted molar refractivity (Wildman–Crippen MR) is 104 cm³/mol. The second-order valence-corrected chi connectivity index (χ2v) is 7.53. The summed E-state index contributed by atoms with van der Waals surface area (Å²) in [6.45, 7) is 3.23. The van der Waals surface area contributed by atoms with E-state index in [0.29, 0.717) is 10.9 Å². The number of carbonyl (C=O) groups is 2. The van der Waals surface area contributed by atoms with Crippen LogP contribution in [0.25, 0.3) is 0 Å². The van der Waals surface area contributed by atoms with E-state index in [0.717, 1.165) is 6.20 Å². The van der Waals surface area contributed by atoms with Crippen LogP contribution < -0.4 is 11.4 Å². The molecule has 4 atom stereocenters. The Morgan fingerprint density at radius 1 is 1.62 bits per heavy atom. The number of aromatic nitrogens is 2. The first kappa shape index (κ1) is 23.5. The minimum Gasteiger partial charge on any atom is -0.473 e. The van der Waals surface area contributed by atoms with Gasteiger partial charge in [0.2, 0.25) is 5.85 Å². The number of rotatable bonds is 6. The molecule has 0 saturated carbocycles.